The second-order valence-electron chi connectivity index (χ2n) is 7.46. The van der Waals surface area contributed by atoms with Crippen LogP contribution in [0.15, 0.2) is 59.8 Å². The highest BCUT2D eigenvalue weighted by Crippen LogP contribution is 2.27. The first-order chi connectivity index (χ1) is 15.1. The van der Waals surface area contributed by atoms with E-state index in [4.69, 9.17) is 15.1 Å². The van der Waals surface area contributed by atoms with Gasteiger partial charge in [-0.25, -0.2) is 14.4 Å². The Morgan fingerprint density at radius 3 is 2.58 bits per heavy atom. The van der Waals surface area contributed by atoms with Crippen molar-refractivity contribution in [3.63, 3.8) is 0 Å². The van der Waals surface area contributed by atoms with Crippen molar-refractivity contribution in [3.05, 3.63) is 83.2 Å². The summed E-state index contributed by atoms with van der Waals surface area (Å²) < 4.78 is 17.8. The summed E-state index contributed by atoms with van der Waals surface area (Å²) in [5.74, 6) is 0.989. The lowest BCUT2D eigenvalue weighted by Crippen LogP contribution is -2.06. The van der Waals surface area contributed by atoms with Gasteiger partial charge >= 0.3 is 0 Å². The van der Waals surface area contributed by atoms with Crippen LogP contribution in [0.3, 0.4) is 0 Å². The summed E-state index contributed by atoms with van der Waals surface area (Å²) in [7, 11) is 0. The maximum absolute atomic E-state index is 14.1. The Kier molecular flexibility index (Phi) is 5.15. The molecule has 0 amide bonds. The molecule has 5 aromatic rings. The van der Waals surface area contributed by atoms with E-state index in [0.717, 1.165) is 33.8 Å². The molecule has 5 rings (SSSR count). The minimum Gasteiger partial charge on any atom is -0.269 e. The zero-order valence-corrected chi connectivity index (χ0v) is 18.1. The quantitative estimate of drug-likeness (QED) is 0.286. The highest BCUT2D eigenvalue weighted by Gasteiger charge is 2.15. The van der Waals surface area contributed by atoms with E-state index in [1.807, 2.05) is 48.9 Å². The molecule has 3 aromatic heterocycles. The first-order valence-electron chi connectivity index (χ1n) is 10.1. The van der Waals surface area contributed by atoms with Crippen LogP contribution in [-0.4, -0.2) is 29.4 Å². The third-order valence-electron chi connectivity index (χ3n) is 5.16. The zero-order chi connectivity index (χ0) is 21.4. The average molecular weight is 433 g/mol. The van der Waals surface area contributed by atoms with Crippen LogP contribution in [0.1, 0.15) is 22.8 Å². The molecule has 0 saturated carbocycles. The third-order valence-corrected chi connectivity index (χ3v) is 6.14. The Labute approximate surface area is 183 Å². The smallest absolute Gasteiger partial charge is 0.191 e. The minimum atomic E-state index is -0.212. The van der Waals surface area contributed by atoms with Gasteiger partial charge in [0.15, 0.2) is 16.6 Å². The number of rotatable bonds is 6. The second kappa shape index (κ2) is 8.11. The van der Waals surface area contributed by atoms with Crippen LogP contribution >= 0.6 is 11.8 Å². The molecule has 0 aliphatic carbocycles. The molecule has 2 aromatic carbocycles. The number of fused-ring (bicyclic) bond motifs is 3. The Morgan fingerprint density at radius 2 is 1.77 bits per heavy atom. The van der Waals surface area contributed by atoms with Crippen molar-refractivity contribution in [2.24, 2.45) is 0 Å². The topological polar surface area (TPSA) is 60.9 Å². The summed E-state index contributed by atoms with van der Waals surface area (Å²) in [4.78, 5) is 9.59. The van der Waals surface area contributed by atoms with E-state index in [2.05, 4.69) is 11.2 Å². The lowest BCUT2D eigenvalue weighted by atomic mass is 10.2. The van der Waals surface area contributed by atoms with E-state index in [-0.39, 0.29) is 5.82 Å². The normalized spacial score (nSPS) is 11.6. The number of para-hydroxylation sites is 1. The van der Waals surface area contributed by atoms with E-state index in [1.54, 1.807) is 16.6 Å². The summed E-state index contributed by atoms with van der Waals surface area (Å²) >= 11 is 1.46. The number of thioether (sulfide) groups is 1. The maximum atomic E-state index is 14.1. The standard InChI is InChI=1S/C23H21FN6S/c1-15-13-16(2)29(27-15)12-11-21-26-22-18-8-4-6-10-20(18)25-23(30(22)28-21)31-14-17-7-3-5-9-19(17)24/h3-10,13H,11-12,14H2,1-2H3. The van der Waals surface area contributed by atoms with Crippen molar-refractivity contribution >= 4 is 28.3 Å². The number of nitrogens with zero attached hydrogens (tertiary/aromatic N) is 6. The molecule has 0 unspecified atom stereocenters. The molecule has 0 spiro atoms. The largest absolute Gasteiger partial charge is 0.269 e. The van der Waals surface area contributed by atoms with Crippen LogP contribution in [0, 0.1) is 19.7 Å². The molecule has 0 radical (unpaired) electrons. The molecule has 31 heavy (non-hydrogen) atoms. The fourth-order valence-corrected chi connectivity index (χ4v) is 4.57. The monoisotopic (exact) mass is 432 g/mol. The highest BCUT2D eigenvalue weighted by atomic mass is 32.2. The molecule has 8 heteroatoms. The van der Waals surface area contributed by atoms with Crippen molar-refractivity contribution in [1.29, 1.82) is 0 Å². The van der Waals surface area contributed by atoms with Gasteiger partial charge in [-0.15, -0.1) is 5.10 Å². The lowest BCUT2D eigenvalue weighted by molar-refractivity contribution is 0.580. The first kappa shape index (κ1) is 19.7. The summed E-state index contributed by atoms with van der Waals surface area (Å²) in [6.07, 6.45) is 0.662. The molecular formula is C23H21FN6S. The van der Waals surface area contributed by atoms with E-state index < -0.39 is 0 Å². The number of hydrogen-bond acceptors (Lipinski definition) is 5. The molecule has 0 aliphatic heterocycles. The van der Waals surface area contributed by atoms with Crippen LogP contribution in [0.2, 0.25) is 0 Å². The summed E-state index contributed by atoms with van der Waals surface area (Å²) in [5.41, 5.74) is 4.38. The van der Waals surface area contributed by atoms with Gasteiger partial charge in [-0.3, -0.25) is 4.68 Å². The van der Waals surface area contributed by atoms with Gasteiger partial charge in [-0.05, 0) is 43.7 Å². The Balaban J connectivity index is 1.50. The molecule has 0 atom stereocenters. The van der Waals surface area contributed by atoms with Gasteiger partial charge in [0.05, 0.1) is 11.2 Å². The SMILES string of the molecule is Cc1cc(C)n(CCc2nc3c4ccccc4nc(SCc4ccccc4F)n3n2)n1. The molecular weight excluding hydrogens is 411 g/mol. The molecule has 0 bridgehead atoms. The van der Waals surface area contributed by atoms with Gasteiger partial charge in [0.25, 0.3) is 0 Å². The van der Waals surface area contributed by atoms with Crippen molar-refractivity contribution in [2.45, 2.75) is 37.7 Å². The van der Waals surface area contributed by atoms with Gasteiger partial charge in [0.1, 0.15) is 5.82 Å². The van der Waals surface area contributed by atoms with Crippen LogP contribution in [0.4, 0.5) is 4.39 Å². The molecule has 156 valence electrons. The number of aryl methyl sites for hydroxylation is 4. The number of hydrogen-bond donors (Lipinski definition) is 0. The van der Waals surface area contributed by atoms with Gasteiger partial charge in [-0.2, -0.15) is 9.61 Å². The summed E-state index contributed by atoms with van der Waals surface area (Å²) in [5, 5.41) is 10.9. The van der Waals surface area contributed by atoms with E-state index >= 15 is 0 Å². The van der Waals surface area contributed by atoms with Crippen molar-refractivity contribution in [1.82, 2.24) is 29.4 Å². The zero-order valence-electron chi connectivity index (χ0n) is 17.3. The fourth-order valence-electron chi connectivity index (χ4n) is 3.64. The molecule has 6 nitrogen and oxygen atoms in total. The van der Waals surface area contributed by atoms with Crippen LogP contribution < -0.4 is 0 Å². The second-order valence-corrected chi connectivity index (χ2v) is 8.40. The van der Waals surface area contributed by atoms with Crippen LogP contribution in [-0.2, 0) is 18.7 Å². The molecule has 0 aliphatic rings. The van der Waals surface area contributed by atoms with E-state index in [1.165, 1.54) is 17.8 Å². The third kappa shape index (κ3) is 3.90. The minimum absolute atomic E-state index is 0.212. The summed E-state index contributed by atoms with van der Waals surface area (Å²) in [6.45, 7) is 4.75. The Hall–Kier alpha value is -3.26. The van der Waals surface area contributed by atoms with Crippen LogP contribution in [0.25, 0.3) is 16.6 Å². The molecule has 0 N–H and O–H groups in total. The maximum Gasteiger partial charge on any atom is 0.191 e. The van der Waals surface area contributed by atoms with Gasteiger partial charge < -0.3 is 0 Å². The number of benzene rings is 2. The van der Waals surface area contributed by atoms with Crippen molar-refractivity contribution < 1.29 is 4.39 Å². The van der Waals surface area contributed by atoms with E-state index in [0.29, 0.717) is 29.4 Å². The molecule has 3 heterocycles. The van der Waals surface area contributed by atoms with Gasteiger partial charge in [0, 0.05) is 29.8 Å². The number of halogens is 1. The molecule has 0 fully saturated rings. The lowest BCUT2D eigenvalue weighted by Gasteiger charge is -2.06. The van der Waals surface area contributed by atoms with Crippen LogP contribution in [0.5, 0.6) is 0 Å². The predicted octanol–water partition coefficient (Wildman–Crippen LogP) is 4.76. The van der Waals surface area contributed by atoms with Gasteiger partial charge in [0.2, 0.25) is 0 Å². The number of aromatic nitrogens is 6. The highest BCUT2D eigenvalue weighted by molar-refractivity contribution is 7.98. The Morgan fingerprint density at radius 1 is 0.968 bits per heavy atom. The van der Waals surface area contributed by atoms with Gasteiger partial charge in [-0.1, -0.05) is 42.1 Å². The predicted molar refractivity (Wildman–Crippen MR) is 120 cm³/mol. The molecule has 0 saturated heterocycles. The van der Waals surface area contributed by atoms with E-state index in [9.17, 15) is 4.39 Å². The van der Waals surface area contributed by atoms with Crippen molar-refractivity contribution in [2.75, 3.05) is 0 Å². The summed E-state index contributed by atoms with van der Waals surface area (Å²) in [6, 6.07) is 16.8. The first-order valence-corrected chi connectivity index (χ1v) is 11.1. The fraction of sp³-hybridized carbons (Fsp3) is 0.217. The average Bonchev–Trinajstić information content (AvgIpc) is 3.34. The Bertz CT molecular complexity index is 1390. The van der Waals surface area contributed by atoms with Crippen molar-refractivity contribution in [3.8, 4) is 0 Å².